The van der Waals surface area contributed by atoms with Gasteiger partial charge in [-0.3, -0.25) is 4.90 Å². The summed E-state index contributed by atoms with van der Waals surface area (Å²) in [6.07, 6.45) is 5.25. The molecule has 15 heavy (non-hydrogen) atoms. The molecule has 0 aromatic carbocycles. The lowest BCUT2D eigenvalue weighted by Crippen LogP contribution is -2.52. The molecule has 1 spiro atoms. The van der Waals surface area contributed by atoms with Crippen LogP contribution in [0.4, 0.5) is 0 Å². The van der Waals surface area contributed by atoms with Crippen molar-refractivity contribution in [3.8, 4) is 0 Å². The largest absolute Gasteiger partial charge is 0.381 e. The van der Waals surface area contributed by atoms with Gasteiger partial charge in [0.25, 0.3) is 0 Å². The van der Waals surface area contributed by atoms with Crippen LogP contribution in [0.15, 0.2) is 0 Å². The second-order valence-electron chi connectivity index (χ2n) is 5.99. The lowest BCUT2D eigenvalue weighted by atomic mass is 9.77. The molecular weight excluding hydrogens is 186 g/mol. The van der Waals surface area contributed by atoms with Crippen molar-refractivity contribution < 1.29 is 4.74 Å². The molecule has 2 fully saturated rings. The number of nitrogens with zero attached hydrogens (tertiary/aromatic N) is 1. The van der Waals surface area contributed by atoms with Gasteiger partial charge in [-0.15, -0.1) is 0 Å². The minimum Gasteiger partial charge on any atom is -0.381 e. The van der Waals surface area contributed by atoms with Gasteiger partial charge in [-0.05, 0) is 46.1 Å². The zero-order chi connectivity index (χ0) is 10.9. The summed E-state index contributed by atoms with van der Waals surface area (Å²) < 4.78 is 5.61. The Morgan fingerprint density at radius 1 is 1.33 bits per heavy atom. The molecule has 2 saturated heterocycles. The first-order valence-corrected chi connectivity index (χ1v) is 6.41. The minimum atomic E-state index is 0.371. The first kappa shape index (κ1) is 11.4. The van der Waals surface area contributed by atoms with Crippen LogP contribution in [0.2, 0.25) is 0 Å². The number of piperidine rings is 1. The predicted octanol–water partition coefficient (Wildman–Crippen LogP) is 2.68. The van der Waals surface area contributed by atoms with Gasteiger partial charge in [0.15, 0.2) is 0 Å². The Morgan fingerprint density at radius 3 is 2.73 bits per heavy atom. The van der Waals surface area contributed by atoms with E-state index >= 15 is 0 Å². The molecule has 0 N–H and O–H groups in total. The maximum Gasteiger partial charge on any atom is 0.0535 e. The fourth-order valence-corrected chi connectivity index (χ4v) is 2.92. The average molecular weight is 211 g/mol. The van der Waals surface area contributed by atoms with Crippen molar-refractivity contribution in [3.63, 3.8) is 0 Å². The minimum absolute atomic E-state index is 0.371. The van der Waals surface area contributed by atoms with Crippen molar-refractivity contribution in [2.45, 2.75) is 52.0 Å². The number of ether oxygens (including phenoxy) is 1. The van der Waals surface area contributed by atoms with E-state index in [1.165, 1.54) is 38.8 Å². The summed E-state index contributed by atoms with van der Waals surface area (Å²) >= 11 is 0. The van der Waals surface area contributed by atoms with Crippen molar-refractivity contribution in [2.24, 2.45) is 5.41 Å². The Bertz CT molecular complexity index is 219. The van der Waals surface area contributed by atoms with Crippen molar-refractivity contribution in [1.29, 1.82) is 0 Å². The first-order valence-electron chi connectivity index (χ1n) is 6.41. The van der Waals surface area contributed by atoms with Crippen LogP contribution in [0.25, 0.3) is 0 Å². The Balaban J connectivity index is 2.03. The normalized spacial score (nSPS) is 33.8. The molecule has 1 atom stereocenters. The lowest BCUT2D eigenvalue weighted by Gasteiger charge is -2.47. The molecule has 0 saturated carbocycles. The van der Waals surface area contributed by atoms with Gasteiger partial charge in [0.1, 0.15) is 0 Å². The van der Waals surface area contributed by atoms with Gasteiger partial charge < -0.3 is 4.74 Å². The van der Waals surface area contributed by atoms with Gasteiger partial charge in [0.05, 0.1) is 6.61 Å². The molecule has 0 radical (unpaired) electrons. The molecule has 0 bridgehead atoms. The molecule has 0 amide bonds. The maximum absolute atomic E-state index is 5.61. The summed E-state index contributed by atoms with van der Waals surface area (Å²) in [7, 11) is 0. The standard InChI is InChI=1S/C13H25NO/c1-4-12(2,3)14-8-5-6-13(10-14)7-9-15-11-13/h4-11H2,1-3H3. The zero-order valence-electron chi connectivity index (χ0n) is 10.5. The van der Waals surface area contributed by atoms with Crippen molar-refractivity contribution >= 4 is 0 Å². The number of rotatable bonds is 2. The van der Waals surface area contributed by atoms with Gasteiger partial charge in [-0.25, -0.2) is 0 Å². The Morgan fingerprint density at radius 2 is 2.13 bits per heavy atom. The molecule has 2 rings (SSSR count). The molecule has 0 aliphatic carbocycles. The monoisotopic (exact) mass is 211 g/mol. The van der Waals surface area contributed by atoms with E-state index in [-0.39, 0.29) is 0 Å². The van der Waals surface area contributed by atoms with Gasteiger partial charge >= 0.3 is 0 Å². The van der Waals surface area contributed by atoms with E-state index < -0.39 is 0 Å². The molecular formula is C13H25NO. The lowest BCUT2D eigenvalue weighted by molar-refractivity contribution is 0.00909. The average Bonchev–Trinajstić information content (AvgIpc) is 2.66. The third kappa shape index (κ3) is 2.21. The smallest absolute Gasteiger partial charge is 0.0535 e. The number of likely N-dealkylation sites (tertiary alicyclic amines) is 1. The van der Waals surface area contributed by atoms with E-state index in [1.807, 2.05) is 0 Å². The second kappa shape index (κ2) is 4.06. The van der Waals surface area contributed by atoms with Crippen LogP contribution in [-0.2, 0) is 4.74 Å². The van der Waals surface area contributed by atoms with E-state index in [2.05, 4.69) is 25.7 Å². The Labute approximate surface area is 94.0 Å². The number of hydrogen-bond acceptors (Lipinski definition) is 2. The van der Waals surface area contributed by atoms with E-state index in [9.17, 15) is 0 Å². The second-order valence-corrected chi connectivity index (χ2v) is 5.99. The summed E-state index contributed by atoms with van der Waals surface area (Å²) in [6, 6.07) is 0. The van der Waals surface area contributed by atoms with Gasteiger partial charge in [-0.1, -0.05) is 6.92 Å². The van der Waals surface area contributed by atoms with E-state index in [0.29, 0.717) is 11.0 Å². The molecule has 1 unspecified atom stereocenters. The summed E-state index contributed by atoms with van der Waals surface area (Å²) in [4.78, 5) is 2.69. The fourth-order valence-electron chi connectivity index (χ4n) is 2.92. The summed E-state index contributed by atoms with van der Waals surface area (Å²) in [6.45, 7) is 11.6. The van der Waals surface area contributed by atoms with Crippen LogP contribution in [0.5, 0.6) is 0 Å². The van der Waals surface area contributed by atoms with Gasteiger partial charge in [0, 0.05) is 24.1 Å². The van der Waals surface area contributed by atoms with Crippen molar-refractivity contribution in [3.05, 3.63) is 0 Å². The van der Waals surface area contributed by atoms with Crippen LogP contribution in [0.1, 0.15) is 46.5 Å². The Hall–Kier alpha value is -0.0800. The quantitative estimate of drug-likeness (QED) is 0.696. The molecule has 0 aromatic rings. The van der Waals surface area contributed by atoms with Crippen molar-refractivity contribution in [1.82, 2.24) is 4.90 Å². The predicted molar refractivity (Wildman–Crippen MR) is 63.0 cm³/mol. The van der Waals surface area contributed by atoms with E-state index in [0.717, 1.165) is 13.2 Å². The summed E-state index contributed by atoms with van der Waals surface area (Å²) in [5.41, 5.74) is 0.876. The van der Waals surface area contributed by atoms with Gasteiger partial charge in [-0.2, -0.15) is 0 Å². The fraction of sp³-hybridized carbons (Fsp3) is 1.00. The van der Waals surface area contributed by atoms with E-state index in [4.69, 9.17) is 4.74 Å². The highest BCUT2D eigenvalue weighted by molar-refractivity contribution is 4.94. The highest BCUT2D eigenvalue weighted by atomic mass is 16.5. The Kier molecular flexibility index (Phi) is 3.09. The topological polar surface area (TPSA) is 12.5 Å². The molecule has 2 nitrogen and oxygen atoms in total. The molecule has 88 valence electrons. The molecule has 2 aliphatic rings. The summed E-state index contributed by atoms with van der Waals surface area (Å²) in [5, 5.41) is 0. The zero-order valence-corrected chi connectivity index (χ0v) is 10.5. The molecule has 2 aliphatic heterocycles. The highest BCUT2D eigenvalue weighted by Gasteiger charge is 2.41. The molecule has 2 heterocycles. The first-order chi connectivity index (χ1) is 7.08. The molecule has 2 heteroatoms. The third-order valence-electron chi connectivity index (χ3n) is 4.57. The summed E-state index contributed by atoms with van der Waals surface area (Å²) in [5.74, 6) is 0. The SMILES string of the molecule is CCC(C)(C)N1CCCC2(CCOC2)C1. The van der Waals surface area contributed by atoms with Gasteiger partial charge in [0.2, 0.25) is 0 Å². The highest BCUT2D eigenvalue weighted by Crippen LogP contribution is 2.40. The van der Waals surface area contributed by atoms with Crippen LogP contribution in [-0.4, -0.2) is 36.7 Å². The number of hydrogen-bond donors (Lipinski definition) is 0. The molecule has 0 aromatic heterocycles. The van der Waals surface area contributed by atoms with Crippen LogP contribution in [0, 0.1) is 5.41 Å². The van der Waals surface area contributed by atoms with Crippen LogP contribution >= 0.6 is 0 Å². The van der Waals surface area contributed by atoms with Crippen LogP contribution < -0.4 is 0 Å². The van der Waals surface area contributed by atoms with E-state index in [1.54, 1.807) is 0 Å². The maximum atomic E-state index is 5.61. The van der Waals surface area contributed by atoms with Crippen LogP contribution in [0.3, 0.4) is 0 Å². The van der Waals surface area contributed by atoms with Crippen molar-refractivity contribution in [2.75, 3.05) is 26.3 Å². The third-order valence-corrected chi connectivity index (χ3v) is 4.57.